The monoisotopic (exact) mass is 356 g/mol. The number of ether oxygens (including phenoxy) is 1. The number of hydrogen-bond donors (Lipinski definition) is 0. The number of pyridine rings is 1. The average Bonchev–Trinajstić information content (AvgIpc) is 2.87. The van der Waals surface area contributed by atoms with Crippen LogP contribution in [0.3, 0.4) is 0 Å². The number of hydrogen-bond acceptors (Lipinski definition) is 3. The molecule has 0 aliphatic carbocycles. The maximum Gasteiger partial charge on any atom is 0.416 e. The van der Waals surface area contributed by atoms with E-state index in [4.69, 9.17) is 16.3 Å². The third kappa shape index (κ3) is 3.46. The van der Waals surface area contributed by atoms with E-state index in [0.29, 0.717) is 17.8 Å². The first-order chi connectivity index (χ1) is 11.3. The summed E-state index contributed by atoms with van der Waals surface area (Å²) < 4.78 is 42.9. The zero-order valence-electron chi connectivity index (χ0n) is 12.3. The van der Waals surface area contributed by atoms with Gasteiger partial charge in [-0.3, -0.25) is 4.90 Å². The SMILES string of the molecule is O=C1OCC(Cc2ccc(C(F)(F)F)cc2)N1c1cccc(Cl)n1. The van der Waals surface area contributed by atoms with Crippen LogP contribution in [0.2, 0.25) is 5.15 Å². The van der Waals surface area contributed by atoms with Gasteiger partial charge in [0.25, 0.3) is 0 Å². The summed E-state index contributed by atoms with van der Waals surface area (Å²) in [6.07, 6.45) is -4.58. The van der Waals surface area contributed by atoms with Crippen LogP contribution in [-0.2, 0) is 17.3 Å². The Morgan fingerprint density at radius 2 is 1.92 bits per heavy atom. The van der Waals surface area contributed by atoms with Gasteiger partial charge < -0.3 is 4.74 Å². The fourth-order valence-corrected chi connectivity index (χ4v) is 2.68. The van der Waals surface area contributed by atoms with Gasteiger partial charge in [-0.2, -0.15) is 13.2 Å². The lowest BCUT2D eigenvalue weighted by atomic mass is 10.0. The van der Waals surface area contributed by atoms with Gasteiger partial charge in [0.15, 0.2) is 0 Å². The molecular formula is C16H12ClF3N2O2. The molecule has 2 aromatic rings. The Morgan fingerprint density at radius 1 is 1.21 bits per heavy atom. The zero-order chi connectivity index (χ0) is 17.3. The van der Waals surface area contributed by atoms with Crippen LogP contribution in [0.5, 0.6) is 0 Å². The minimum absolute atomic E-state index is 0.133. The number of rotatable bonds is 3. The third-order valence-electron chi connectivity index (χ3n) is 3.66. The summed E-state index contributed by atoms with van der Waals surface area (Å²) in [7, 11) is 0. The molecule has 8 heteroatoms. The second kappa shape index (κ2) is 6.32. The first-order valence-electron chi connectivity index (χ1n) is 7.09. The number of alkyl halides is 3. The van der Waals surface area contributed by atoms with Gasteiger partial charge >= 0.3 is 12.3 Å². The molecule has 1 aliphatic heterocycles. The number of nitrogens with zero attached hydrogens (tertiary/aromatic N) is 2. The summed E-state index contributed by atoms with van der Waals surface area (Å²) in [5.74, 6) is 0.349. The molecule has 0 N–H and O–H groups in total. The number of aromatic nitrogens is 1. The number of cyclic esters (lactones) is 1. The van der Waals surface area contributed by atoms with Gasteiger partial charge in [0.1, 0.15) is 17.6 Å². The Kier molecular flexibility index (Phi) is 4.36. The normalized spacial score (nSPS) is 17.9. The van der Waals surface area contributed by atoms with E-state index >= 15 is 0 Å². The van der Waals surface area contributed by atoms with Crippen LogP contribution >= 0.6 is 11.6 Å². The molecule has 126 valence electrons. The number of halogens is 4. The van der Waals surface area contributed by atoms with Crippen LogP contribution in [0.25, 0.3) is 0 Å². The molecule has 1 aromatic heterocycles. The highest BCUT2D eigenvalue weighted by Gasteiger charge is 2.35. The van der Waals surface area contributed by atoms with Gasteiger partial charge in [-0.25, -0.2) is 9.78 Å². The van der Waals surface area contributed by atoms with E-state index in [9.17, 15) is 18.0 Å². The molecule has 3 rings (SSSR count). The van der Waals surface area contributed by atoms with Crippen molar-refractivity contribution >= 4 is 23.5 Å². The molecule has 1 atom stereocenters. The Labute approximate surface area is 140 Å². The van der Waals surface area contributed by atoms with Crippen molar-refractivity contribution < 1.29 is 22.7 Å². The molecule has 24 heavy (non-hydrogen) atoms. The average molecular weight is 357 g/mol. The van der Waals surface area contributed by atoms with Crippen molar-refractivity contribution in [2.45, 2.75) is 18.6 Å². The van der Waals surface area contributed by atoms with Crippen molar-refractivity contribution in [1.82, 2.24) is 4.98 Å². The number of benzene rings is 1. The molecule has 1 unspecified atom stereocenters. The topological polar surface area (TPSA) is 42.4 Å². The highest BCUT2D eigenvalue weighted by atomic mass is 35.5. The number of carbonyl (C=O) groups excluding carboxylic acids is 1. The van der Waals surface area contributed by atoms with E-state index in [1.807, 2.05) is 0 Å². The molecule has 1 aromatic carbocycles. The van der Waals surface area contributed by atoms with Crippen LogP contribution in [0.1, 0.15) is 11.1 Å². The second-order valence-corrected chi connectivity index (χ2v) is 5.71. The third-order valence-corrected chi connectivity index (χ3v) is 3.87. The van der Waals surface area contributed by atoms with Crippen molar-refractivity contribution in [1.29, 1.82) is 0 Å². The summed E-state index contributed by atoms with van der Waals surface area (Å²) >= 11 is 5.84. The standard InChI is InChI=1S/C16H12ClF3N2O2/c17-13-2-1-3-14(21-13)22-12(9-24-15(22)23)8-10-4-6-11(7-5-10)16(18,19)20/h1-7,12H,8-9H2. The summed E-state index contributed by atoms with van der Waals surface area (Å²) in [6.45, 7) is 0.133. The van der Waals surface area contributed by atoms with Crippen LogP contribution in [0.4, 0.5) is 23.8 Å². The largest absolute Gasteiger partial charge is 0.447 e. The van der Waals surface area contributed by atoms with E-state index in [-0.39, 0.29) is 17.8 Å². The quantitative estimate of drug-likeness (QED) is 0.769. The molecule has 1 aliphatic rings. The van der Waals surface area contributed by atoms with Gasteiger partial charge in [0.2, 0.25) is 0 Å². The Hall–Kier alpha value is -2.28. The fourth-order valence-electron chi connectivity index (χ4n) is 2.53. The molecule has 4 nitrogen and oxygen atoms in total. The molecule has 1 amide bonds. The number of amides is 1. The van der Waals surface area contributed by atoms with Crippen LogP contribution in [-0.4, -0.2) is 23.7 Å². The summed E-state index contributed by atoms with van der Waals surface area (Å²) in [4.78, 5) is 17.4. The van der Waals surface area contributed by atoms with Gasteiger partial charge in [0.05, 0.1) is 11.6 Å². The molecule has 0 bridgehead atoms. The van der Waals surface area contributed by atoms with E-state index in [1.54, 1.807) is 18.2 Å². The van der Waals surface area contributed by atoms with Crippen molar-refractivity contribution in [2.24, 2.45) is 0 Å². The highest BCUT2D eigenvalue weighted by Crippen LogP contribution is 2.30. The summed E-state index contributed by atoms with van der Waals surface area (Å²) in [6, 6.07) is 9.34. The van der Waals surface area contributed by atoms with Gasteiger partial charge in [-0.05, 0) is 36.2 Å². The number of anilines is 1. The van der Waals surface area contributed by atoms with Crippen molar-refractivity contribution in [3.05, 3.63) is 58.7 Å². The minimum atomic E-state index is -4.37. The lowest BCUT2D eigenvalue weighted by molar-refractivity contribution is -0.137. The predicted octanol–water partition coefficient (Wildman–Crippen LogP) is 4.32. The molecular weight excluding hydrogens is 345 g/mol. The maximum atomic E-state index is 12.6. The molecule has 0 radical (unpaired) electrons. The van der Waals surface area contributed by atoms with Crippen molar-refractivity contribution in [3.8, 4) is 0 Å². The fraction of sp³-hybridized carbons (Fsp3) is 0.250. The maximum absolute atomic E-state index is 12.6. The Balaban J connectivity index is 1.80. The van der Waals surface area contributed by atoms with Crippen LogP contribution in [0, 0.1) is 0 Å². The van der Waals surface area contributed by atoms with E-state index in [0.717, 1.165) is 12.1 Å². The van der Waals surface area contributed by atoms with Gasteiger partial charge in [-0.1, -0.05) is 29.8 Å². The lowest BCUT2D eigenvalue weighted by Crippen LogP contribution is -2.35. The second-order valence-electron chi connectivity index (χ2n) is 5.32. The Bertz CT molecular complexity index is 750. The van der Waals surface area contributed by atoms with Crippen molar-refractivity contribution in [2.75, 3.05) is 11.5 Å². The Morgan fingerprint density at radius 3 is 2.54 bits per heavy atom. The first kappa shape index (κ1) is 16.6. The van der Waals surface area contributed by atoms with Gasteiger partial charge in [-0.15, -0.1) is 0 Å². The van der Waals surface area contributed by atoms with Crippen LogP contribution < -0.4 is 4.90 Å². The highest BCUT2D eigenvalue weighted by molar-refractivity contribution is 6.29. The molecule has 0 spiro atoms. The zero-order valence-corrected chi connectivity index (χ0v) is 13.0. The minimum Gasteiger partial charge on any atom is -0.447 e. The predicted molar refractivity (Wildman–Crippen MR) is 82.0 cm³/mol. The lowest BCUT2D eigenvalue weighted by Gasteiger charge is -2.20. The molecule has 2 heterocycles. The summed E-state index contributed by atoms with van der Waals surface area (Å²) in [5, 5.41) is 0.237. The summed E-state index contributed by atoms with van der Waals surface area (Å²) in [5.41, 5.74) is -0.0447. The smallest absolute Gasteiger partial charge is 0.416 e. The van der Waals surface area contributed by atoms with E-state index in [2.05, 4.69) is 4.98 Å². The van der Waals surface area contributed by atoms with Gasteiger partial charge in [0, 0.05) is 0 Å². The van der Waals surface area contributed by atoms with Crippen molar-refractivity contribution in [3.63, 3.8) is 0 Å². The van der Waals surface area contributed by atoms with E-state index in [1.165, 1.54) is 17.0 Å². The molecule has 1 fully saturated rings. The van der Waals surface area contributed by atoms with Crippen LogP contribution in [0.15, 0.2) is 42.5 Å². The first-order valence-corrected chi connectivity index (χ1v) is 7.47. The number of carbonyl (C=O) groups is 1. The molecule has 0 saturated carbocycles. The molecule has 1 saturated heterocycles. The van der Waals surface area contributed by atoms with E-state index < -0.39 is 17.8 Å².